The molecule has 1 amide bonds. The van der Waals surface area contributed by atoms with Gasteiger partial charge in [0.1, 0.15) is 5.69 Å². The summed E-state index contributed by atoms with van der Waals surface area (Å²) >= 11 is 0. The minimum Gasteiger partial charge on any atom is -0.382 e. The predicted molar refractivity (Wildman–Crippen MR) is 89.3 cm³/mol. The number of pyridine rings is 1. The molecule has 0 bridgehead atoms. The van der Waals surface area contributed by atoms with Gasteiger partial charge in [-0.25, -0.2) is 0 Å². The molecule has 0 saturated carbocycles. The molecule has 5 heteroatoms. The van der Waals surface area contributed by atoms with Gasteiger partial charge in [-0.1, -0.05) is 30.3 Å². The quantitative estimate of drug-likeness (QED) is 0.861. The van der Waals surface area contributed by atoms with E-state index in [1.54, 1.807) is 12.3 Å². The molecule has 1 fully saturated rings. The summed E-state index contributed by atoms with van der Waals surface area (Å²) in [5.74, 6) is -0.172. The van der Waals surface area contributed by atoms with E-state index in [0.717, 1.165) is 37.2 Å². The molecule has 1 saturated heterocycles. The largest absolute Gasteiger partial charge is 0.382 e. The van der Waals surface area contributed by atoms with E-state index in [0.29, 0.717) is 12.2 Å². The fourth-order valence-corrected chi connectivity index (χ4v) is 2.57. The van der Waals surface area contributed by atoms with Crippen molar-refractivity contribution in [2.75, 3.05) is 18.5 Å². The molecule has 1 atom stereocenters. The number of anilines is 1. The number of benzene rings is 1. The maximum absolute atomic E-state index is 12.2. The highest BCUT2D eigenvalue weighted by Crippen LogP contribution is 2.14. The van der Waals surface area contributed by atoms with Gasteiger partial charge in [0, 0.05) is 31.6 Å². The van der Waals surface area contributed by atoms with Crippen LogP contribution in [0, 0.1) is 0 Å². The lowest BCUT2D eigenvalue weighted by molar-refractivity contribution is 0.0946. The van der Waals surface area contributed by atoms with Crippen LogP contribution >= 0.6 is 0 Å². The third kappa shape index (κ3) is 4.53. The average molecular weight is 311 g/mol. The molecule has 1 unspecified atom stereocenters. The monoisotopic (exact) mass is 311 g/mol. The molecule has 0 radical (unpaired) electrons. The number of amides is 1. The number of ether oxygens (including phenoxy) is 1. The summed E-state index contributed by atoms with van der Waals surface area (Å²) in [6, 6.07) is 13.5. The number of hydrogen-bond acceptors (Lipinski definition) is 4. The van der Waals surface area contributed by atoms with Crippen molar-refractivity contribution in [2.45, 2.75) is 25.5 Å². The summed E-state index contributed by atoms with van der Waals surface area (Å²) in [5.41, 5.74) is 2.37. The Morgan fingerprint density at radius 2 is 2.13 bits per heavy atom. The van der Waals surface area contributed by atoms with Crippen molar-refractivity contribution in [1.29, 1.82) is 0 Å². The van der Waals surface area contributed by atoms with Gasteiger partial charge in [0.15, 0.2) is 0 Å². The van der Waals surface area contributed by atoms with Crippen LogP contribution in [0.25, 0.3) is 0 Å². The summed E-state index contributed by atoms with van der Waals surface area (Å²) in [6.45, 7) is 2.10. The molecule has 0 aliphatic carbocycles. The number of hydrogen-bond donors (Lipinski definition) is 2. The van der Waals surface area contributed by atoms with E-state index in [1.165, 1.54) is 0 Å². The molecule has 2 heterocycles. The summed E-state index contributed by atoms with van der Waals surface area (Å²) in [4.78, 5) is 16.4. The summed E-state index contributed by atoms with van der Waals surface area (Å²) in [6.07, 6.45) is 4.12. The Hall–Kier alpha value is -2.40. The second-order valence-corrected chi connectivity index (χ2v) is 5.61. The van der Waals surface area contributed by atoms with Crippen LogP contribution in [0.1, 0.15) is 28.9 Å². The fourth-order valence-electron chi connectivity index (χ4n) is 2.57. The summed E-state index contributed by atoms with van der Waals surface area (Å²) in [7, 11) is 0. The fraction of sp³-hybridized carbons (Fsp3) is 0.333. The van der Waals surface area contributed by atoms with E-state index in [2.05, 4.69) is 15.6 Å². The third-order valence-corrected chi connectivity index (χ3v) is 3.85. The second-order valence-electron chi connectivity index (χ2n) is 5.61. The molecule has 2 N–H and O–H groups in total. The standard InChI is InChI=1S/C18H21N3O2/c22-18(21-12-14-5-2-1-3-6-14)17-11-15(8-9-19-17)20-13-16-7-4-10-23-16/h1-3,5-6,8-9,11,16H,4,7,10,12-13H2,(H,19,20)(H,21,22). The molecule has 1 aromatic carbocycles. The molecule has 0 spiro atoms. The Labute approximate surface area is 136 Å². The van der Waals surface area contributed by atoms with E-state index in [-0.39, 0.29) is 12.0 Å². The van der Waals surface area contributed by atoms with E-state index >= 15 is 0 Å². The van der Waals surface area contributed by atoms with Crippen LogP contribution in [-0.4, -0.2) is 30.1 Å². The normalized spacial score (nSPS) is 17.0. The highest BCUT2D eigenvalue weighted by molar-refractivity contribution is 5.93. The lowest BCUT2D eigenvalue weighted by Crippen LogP contribution is -2.24. The SMILES string of the molecule is O=C(NCc1ccccc1)c1cc(NCC2CCCO2)ccn1. The molecule has 1 aliphatic rings. The number of rotatable bonds is 6. The Balaban J connectivity index is 1.54. The van der Waals surface area contributed by atoms with Gasteiger partial charge in [-0.15, -0.1) is 0 Å². The van der Waals surface area contributed by atoms with Gasteiger partial charge in [0.05, 0.1) is 6.10 Å². The second kappa shape index (κ2) is 7.74. The Bertz CT molecular complexity index is 640. The van der Waals surface area contributed by atoms with Crippen LogP contribution in [0.2, 0.25) is 0 Å². The number of nitrogens with zero attached hydrogens (tertiary/aromatic N) is 1. The summed E-state index contributed by atoms with van der Waals surface area (Å²) < 4.78 is 5.58. The molecule has 2 aromatic rings. The smallest absolute Gasteiger partial charge is 0.270 e. The van der Waals surface area contributed by atoms with Crippen molar-refractivity contribution in [3.63, 3.8) is 0 Å². The van der Waals surface area contributed by atoms with Gasteiger partial charge >= 0.3 is 0 Å². The zero-order valence-corrected chi connectivity index (χ0v) is 13.0. The highest BCUT2D eigenvalue weighted by Gasteiger charge is 2.15. The van der Waals surface area contributed by atoms with Gasteiger partial charge in [0.25, 0.3) is 5.91 Å². The number of nitrogens with one attached hydrogen (secondary N) is 2. The number of aromatic nitrogens is 1. The van der Waals surface area contributed by atoms with Crippen molar-refractivity contribution in [3.8, 4) is 0 Å². The van der Waals surface area contributed by atoms with Crippen LogP contribution in [0.3, 0.4) is 0 Å². The van der Waals surface area contributed by atoms with Gasteiger partial charge in [-0.2, -0.15) is 0 Å². The van der Waals surface area contributed by atoms with Gasteiger partial charge in [-0.3, -0.25) is 9.78 Å². The van der Waals surface area contributed by atoms with Crippen molar-refractivity contribution >= 4 is 11.6 Å². The maximum Gasteiger partial charge on any atom is 0.270 e. The predicted octanol–water partition coefficient (Wildman–Crippen LogP) is 2.60. The molecule has 3 rings (SSSR count). The first-order chi connectivity index (χ1) is 11.3. The number of carbonyl (C=O) groups excluding carboxylic acids is 1. The van der Waals surface area contributed by atoms with Crippen LogP contribution in [-0.2, 0) is 11.3 Å². The van der Waals surface area contributed by atoms with Gasteiger partial charge < -0.3 is 15.4 Å². The van der Waals surface area contributed by atoms with E-state index in [4.69, 9.17) is 4.74 Å². The minimum absolute atomic E-state index is 0.172. The van der Waals surface area contributed by atoms with Crippen molar-refractivity contribution in [1.82, 2.24) is 10.3 Å². The van der Waals surface area contributed by atoms with Crippen LogP contribution in [0.15, 0.2) is 48.7 Å². The zero-order valence-electron chi connectivity index (χ0n) is 13.0. The van der Waals surface area contributed by atoms with Crippen LogP contribution in [0.5, 0.6) is 0 Å². The highest BCUT2D eigenvalue weighted by atomic mass is 16.5. The van der Waals surface area contributed by atoms with Crippen LogP contribution < -0.4 is 10.6 Å². The Kier molecular flexibility index (Phi) is 5.21. The van der Waals surface area contributed by atoms with Crippen molar-refractivity contribution < 1.29 is 9.53 Å². The van der Waals surface area contributed by atoms with E-state index < -0.39 is 0 Å². The maximum atomic E-state index is 12.2. The van der Waals surface area contributed by atoms with E-state index in [9.17, 15) is 4.79 Å². The molecule has 1 aromatic heterocycles. The van der Waals surface area contributed by atoms with Gasteiger partial charge in [0.2, 0.25) is 0 Å². The topological polar surface area (TPSA) is 63.2 Å². The van der Waals surface area contributed by atoms with Gasteiger partial charge in [-0.05, 0) is 30.5 Å². The number of carbonyl (C=O) groups is 1. The lowest BCUT2D eigenvalue weighted by atomic mass is 10.2. The Morgan fingerprint density at radius 3 is 2.91 bits per heavy atom. The average Bonchev–Trinajstić information content (AvgIpc) is 3.12. The first-order valence-corrected chi connectivity index (χ1v) is 7.95. The third-order valence-electron chi connectivity index (χ3n) is 3.85. The molecule has 1 aliphatic heterocycles. The van der Waals surface area contributed by atoms with Crippen LogP contribution in [0.4, 0.5) is 5.69 Å². The van der Waals surface area contributed by atoms with Crippen molar-refractivity contribution in [2.24, 2.45) is 0 Å². The molecule has 120 valence electrons. The summed E-state index contributed by atoms with van der Waals surface area (Å²) in [5, 5.41) is 6.20. The molecular weight excluding hydrogens is 290 g/mol. The minimum atomic E-state index is -0.172. The first kappa shape index (κ1) is 15.5. The molecule has 23 heavy (non-hydrogen) atoms. The van der Waals surface area contributed by atoms with E-state index in [1.807, 2.05) is 36.4 Å². The zero-order chi connectivity index (χ0) is 15.9. The molecule has 5 nitrogen and oxygen atoms in total. The molecular formula is C18H21N3O2. The Morgan fingerprint density at radius 1 is 1.26 bits per heavy atom. The lowest BCUT2D eigenvalue weighted by Gasteiger charge is -2.12. The first-order valence-electron chi connectivity index (χ1n) is 7.95. The van der Waals surface area contributed by atoms with Crippen molar-refractivity contribution in [3.05, 3.63) is 59.9 Å².